The summed E-state index contributed by atoms with van der Waals surface area (Å²) in [4.78, 5) is 19.3. The molecule has 0 aromatic carbocycles. The van der Waals surface area contributed by atoms with Crippen molar-refractivity contribution in [2.75, 3.05) is 39.8 Å². The number of hydrogen-bond acceptors (Lipinski definition) is 7. The number of aliphatic hydroxyl groups excluding tert-OH is 1. The number of allylic oxidation sites excluding steroid dienone is 5. The largest absolute Gasteiger partial charge is 0.489 e. The number of halogens is 1. The van der Waals surface area contributed by atoms with E-state index in [1.165, 1.54) is 13.0 Å². The van der Waals surface area contributed by atoms with Crippen molar-refractivity contribution >= 4 is 17.5 Å². The summed E-state index contributed by atoms with van der Waals surface area (Å²) in [7, 11) is 1.60. The van der Waals surface area contributed by atoms with Gasteiger partial charge in [0.15, 0.2) is 5.83 Å². The Morgan fingerprint density at radius 1 is 1.22 bits per heavy atom. The maximum atomic E-state index is 14.4. The average molecular weight is 449 g/mol. The topological polar surface area (TPSA) is 141 Å². The fourth-order valence-electron chi connectivity index (χ4n) is 3.13. The van der Waals surface area contributed by atoms with Gasteiger partial charge in [-0.2, -0.15) is 0 Å². The van der Waals surface area contributed by atoms with Crippen LogP contribution in [0, 0.1) is 5.41 Å². The van der Waals surface area contributed by atoms with Crippen molar-refractivity contribution in [3.63, 3.8) is 0 Å². The highest BCUT2D eigenvalue weighted by Gasteiger charge is 2.40. The van der Waals surface area contributed by atoms with Gasteiger partial charge in [-0.15, -0.1) is 0 Å². The number of piperazine rings is 1. The van der Waals surface area contributed by atoms with Crippen LogP contribution in [0.2, 0.25) is 0 Å². The third-order valence-electron chi connectivity index (χ3n) is 5.52. The molecular formula is C22H33FN6O3. The number of amidine groups is 1. The van der Waals surface area contributed by atoms with Crippen molar-refractivity contribution in [1.82, 2.24) is 9.80 Å². The van der Waals surface area contributed by atoms with Gasteiger partial charge in [0.1, 0.15) is 23.8 Å². The predicted octanol–water partition coefficient (Wildman–Crippen LogP) is 1.18. The molecule has 176 valence electrons. The summed E-state index contributed by atoms with van der Waals surface area (Å²) in [5.74, 6) is -0.275. The summed E-state index contributed by atoms with van der Waals surface area (Å²) < 4.78 is 20.0. The van der Waals surface area contributed by atoms with Crippen LogP contribution in [0.25, 0.3) is 0 Å². The van der Waals surface area contributed by atoms with Crippen molar-refractivity contribution in [3.05, 3.63) is 47.3 Å². The third-order valence-corrected chi connectivity index (χ3v) is 5.52. The van der Waals surface area contributed by atoms with Crippen LogP contribution in [0.15, 0.2) is 52.3 Å². The van der Waals surface area contributed by atoms with Crippen LogP contribution in [0.5, 0.6) is 0 Å². The lowest BCUT2D eigenvalue weighted by Gasteiger charge is -2.35. The number of rotatable bonds is 8. The molecule has 0 aromatic heterocycles. The summed E-state index contributed by atoms with van der Waals surface area (Å²) in [5, 5.41) is 17.3. The zero-order chi connectivity index (χ0) is 24.1. The van der Waals surface area contributed by atoms with Crippen molar-refractivity contribution in [3.8, 4) is 0 Å². The maximum Gasteiger partial charge on any atom is 0.248 e. The van der Waals surface area contributed by atoms with Crippen molar-refractivity contribution in [1.29, 1.82) is 5.41 Å². The van der Waals surface area contributed by atoms with Crippen LogP contribution in [0.4, 0.5) is 4.39 Å². The number of aliphatic hydroxyl groups is 1. The molecule has 2 rings (SSSR count). The number of nitrogens with one attached hydrogen (secondary N) is 1. The molecule has 1 heterocycles. The van der Waals surface area contributed by atoms with Crippen molar-refractivity contribution in [2.24, 2.45) is 16.5 Å². The molecule has 2 fully saturated rings. The number of carbonyl (C=O) groups excluding carboxylic acids is 1. The molecule has 32 heavy (non-hydrogen) atoms. The molecule has 1 saturated heterocycles. The second kappa shape index (κ2) is 10.4. The number of nitrogens with zero attached hydrogens (tertiary/aromatic N) is 3. The van der Waals surface area contributed by atoms with E-state index < -0.39 is 12.4 Å². The van der Waals surface area contributed by atoms with Crippen LogP contribution < -0.4 is 11.5 Å². The standard InChI is InChI=1S/C22H33FN6O3/c1-14(17(24)11-16(23)15(2)32-22(3)5-6-22)21(26)18(25)12-19(27-4)28-7-9-29(10-8-28)20(31)13-30/h11-12,26,30H,1,5-10,13,24-25H2,2-4H3/b16-15-,17-11+,18-12?,26-21?,27-19?. The highest BCUT2D eigenvalue weighted by molar-refractivity contribution is 6.14. The number of amides is 1. The van der Waals surface area contributed by atoms with Gasteiger partial charge < -0.3 is 31.1 Å². The molecule has 1 aliphatic heterocycles. The Morgan fingerprint density at radius 2 is 1.78 bits per heavy atom. The van der Waals surface area contributed by atoms with Gasteiger partial charge in [-0.1, -0.05) is 6.58 Å². The average Bonchev–Trinajstić information content (AvgIpc) is 3.51. The lowest BCUT2D eigenvalue weighted by molar-refractivity contribution is -0.135. The minimum absolute atomic E-state index is 0.0288. The van der Waals surface area contributed by atoms with Gasteiger partial charge in [0.2, 0.25) is 5.91 Å². The highest BCUT2D eigenvalue weighted by Crippen LogP contribution is 2.41. The van der Waals surface area contributed by atoms with Crippen LogP contribution in [-0.2, 0) is 9.53 Å². The Hall–Kier alpha value is -3.14. The van der Waals surface area contributed by atoms with Crippen LogP contribution in [0.1, 0.15) is 26.7 Å². The quantitative estimate of drug-likeness (QED) is 0.190. The summed E-state index contributed by atoms with van der Waals surface area (Å²) in [5.41, 5.74) is 11.7. The highest BCUT2D eigenvalue weighted by atomic mass is 19.1. The zero-order valence-corrected chi connectivity index (χ0v) is 18.9. The van der Waals surface area contributed by atoms with E-state index in [4.69, 9.17) is 26.7 Å². The third kappa shape index (κ3) is 6.43. The van der Waals surface area contributed by atoms with E-state index in [-0.39, 0.29) is 39.9 Å². The molecule has 2 aliphatic rings. The van der Waals surface area contributed by atoms with Gasteiger partial charge in [0.05, 0.1) is 11.4 Å². The number of aliphatic imine (C=N–C) groups is 1. The normalized spacial score (nSPS) is 20.0. The van der Waals surface area contributed by atoms with Crippen molar-refractivity contribution < 1.29 is 19.0 Å². The van der Waals surface area contributed by atoms with Crippen LogP contribution >= 0.6 is 0 Å². The second-order valence-corrected chi connectivity index (χ2v) is 8.12. The molecule has 1 aliphatic carbocycles. The predicted molar refractivity (Wildman–Crippen MR) is 123 cm³/mol. The fraction of sp³-hybridized carbons (Fsp3) is 0.500. The molecule has 9 nitrogen and oxygen atoms in total. The Labute approximate surface area is 188 Å². The minimum atomic E-state index is -0.627. The first-order chi connectivity index (χ1) is 15.0. The van der Waals surface area contributed by atoms with E-state index in [2.05, 4.69) is 11.6 Å². The Morgan fingerprint density at radius 3 is 2.28 bits per heavy atom. The van der Waals surface area contributed by atoms with E-state index in [1.54, 1.807) is 11.9 Å². The lowest BCUT2D eigenvalue weighted by Crippen LogP contribution is -2.51. The molecule has 0 spiro atoms. The minimum Gasteiger partial charge on any atom is -0.489 e. The first-order valence-corrected chi connectivity index (χ1v) is 10.4. The molecule has 0 atom stereocenters. The summed E-state index contributed by atoms with van der Waals surface area (Å²) >= 11 is 0. The molecule has 1 saturated carbocycles. The molecule has 0 bridgehead atoms. The second-order valence-electron chi connectivity index (χ2n) is 8.12. The smallest absolute Gasteiger partial charge is 0.248 e. The Balaban J connectivity index is 2.05. The summed E-state index contributed by atoms with van der Waals surface area (Å²) in [6.07, 6.45) is 4.36. The number of ether oxygens (including phenoxy) is 1. The fourth-order valence-corrected chi connectivity index (χ4v) is 3.13. The number of hydrogen-bond donors (Lipinski definition) is 4. The molecule has 0 unspecified atom stereocenters. The lowest BCUT2D eigenvalue weighted by atomic mass is 10.1. The van der Waals surface area contributed by atoms with Crippen LogP contribution in [-0.4, -0.2) is 77.8 Å². The van der Waals surface area contributed by atoms with Gasteiger partial charge >= 0.3 is 0 Å². The van der Waals surface area contributed by atoms with Gasteiger partial charge in [-0.3, -0.25) is 15.2 Å². The molecule has 0 radical (unpaired) electrons. The van der Waals surface area contributed by atoms with E-state index in [0.29, 0.717) is 32.0 Å². The number of carbonyl (C=O) groups is 1. The van der Waals surface area contributed by atoms with E-state index >= 15 is 0 Å². The zero-order valence-electron chi connectivity index (χ0n) is 18.9. The Kier molecular flexibility index (Phi) is 8.20. The van der Waals surface area contributed by atoms with Gasteiger partial charge in [-0.05, 0) is 26.7 Å². The molecule has 10 heteroatoms. The van der Waals surface area contributed by atoms with Gasteiger partial charge in [0, 0.05) is 56.6 Å². The van der Waals surface area contributed by atoms with E-state index in [9.17, 15) is 9.18 Å². The molecule has 0 aromatic rings. The first-order valence-electron chi connectivity index (χ1n) is 10.4. The molecular weight excluding hydrogens is 415 g/mol. The molecule has 1 amide bonds. The Bertz CT molecular complexity index is 893. The first kappa shape index (κ1) is 25.1. The van der Waals surface area contributed by atoms with Crippen molar-refractivity contribution in [2.45, 2.75) is 32.3 Å². The monoisotopic (exact) mass is 448 g/mol. The summed E-state index contributed by atoms with van der Waals surface area (Å²) in [6.45, 7) is 8.59. The van der Waals surface area contributed by atoms with Gasteiger partial charge in [0.25, 0.3) is 0 Å². The maximum absolute atomic E-state index is 14.4. The van der Waals surface area contributed by atoms with E-state index in [1.807, 2.05) is 11.8 Å². The number of nitrogens with two attached hydrogens (primary N) is 2. The SMILES string of the molecule is C=C(C(=N)C(N)=CC(=NC)N1CCN(C(=O)CO)CC1)/C(N)=C\C(F)=C(/C)OC1(C)CC1. The summed E-state index contributed by atoms with van der Waals surface area (Å²) in [6, 6.07) is 0. The van der Waals surface area contributed by atoms with E-state index in [0.717, 1.165) is 18.9 Å². The van der Waals surface area contributed by atoms with Gasteiger partial charge in [-0.25, -0.2) is 4.39 Å². The molecule has 6 N–H and O–H groups in total. The van der Waals surface area contributed by atoms with Crippen LogP contribution in [0.3, 0.4) is 0 Å².